The molecule has 7 heteroatoms. The van der Waals surface area contributed by atoms with Gasteiger partial charge in [-0.25, -0.2) is 0 Å². The molecule has 0 saturated carbocycles. The van der Waals surface area contributed by atoms with E-state index in [4.69, 9.17) is 14.2 Å². The molecule has 7 nitrogen and oxygen atoms in total. The molecule has 1 aliphatic rings. The van der Waals surface area contributed by atoms with Gasteiger partial charge < -0.3 is 19.1 Å². The van der Waals surface area contributed by atoms with E-state index in [0.29, 0.717) is 39.1 Å². The van der Waals surface area contributed by atoms with Gasteiger partial charge in [0, 0.05) is 32.6 Å². The number of rotatable bonds is 8. The van der Waals surface area contributed by atoms with Crippen LogP contribution in [0.3, 0.4) is 0 Å². The quantitative estimate of drug-likeness (QED) is 0.642. The fourth-order valence-corrected chi connectivity index (χ4v) is 3.24. The minimum atomic E-state index is -0.206. The molecule has 150 valence electrons. The van der Waals surface area contributed by atoms with Crippen LogP contribution in [0.1, 0.15) is 25.3 Å². The highest BCUT2D eigenvalue weighted by molar-refractivity contribution is 5.76. The number of nitrogens with zero attached hydrogens (tertiary/aromatic N) is 2. The second kappa shape index (κ2) is 10.8. The predicted octanol–water partition coefficient (Wildman–Crippen LogP) is 1.73. The fourth-order valence-electron chi connectivity index (χ4n) is 3.24. The second-order valence-electron chi connectivity index (χ2n) is 6.49. The SMILES string of the molecule is CCOC(=O)CN1CCCN(C(=O)CCc2cc(OC)ccc2OC)CC1. The molecule has 0 atom stereocenters. The number of hydrogen-bond acceptors (Lipinski definition) is 6. The zero-order chi connectivity index (χ0) is 19.6. The van der Waals surface area contributed by atoms with Crippen LogP contribution in [0.5, 0.6) is 11.5 Å². The van der Waals surface area contributed by atoms with E-state index in [-0.39, 0.29) is 18.4 Å². The molecule has 0 aromatic heterocycles. The molecular formula is C20H30N2O5. The highest BCUT2D eigenvalue weighted by Gasteiger charge is 2.21. The van der Waals surface area contributed by atoms with Gasteiger partial charge in [0.1, 0.15) is 11.5 Å². The molecule has 2 rings (SSSR count). The summed E-state index contributed by atoms with van der Waals surface area (Å²) in [7, 11) is 3.25. The molecule has 1 aromatic carbocycles. The van der Waals surface area contributed by atoms with E-state index in [9.17, 15) is 9.59 Å². The van der Waals surface area contributed by atoms with Crippen LogP contribution < -0.4 is 9.47 Å². The third kappa shape index (κ3) is 6.43. The molecule has 0 radical (unpaired) electrons. The summed E-state index contributed by atoms with van der Waals surface area (Å²) in [5.41, 5.74) is 0.962. The van der Waals surface area contributed by atoms with E-state index in [1.807, 2.05) is 23.1 Å². The van der Waals surface area contributed by atoms with Gasteiger partial charge in [0.05, 0.1) is 27.4 Å². The lowest BCUT2D eigenvalue weighted by Crippen LogP contribution is -2.37. The third-order valence-corrected chi connectivity index (χ3v) is 4.70. The largest absolute Gasteiger partial charge is 0.497 e. The fraction of sp³-hybridized carbons (Fsp3) is 0.600. The maximum Gasteiger partial charge on any atom is 0.320 e. The number of carbonyl (C=O) groups excluding carboxylic acids is 2. The van der Waals surface area contributed by atoms with Crippen molar-refractivity contribution >= 4 is 11.9 Å². The summed E-state index contributed by atoms with van der Waals surface area (Å²) < 4.78 is 15.6. The van der Waals surface area contributed by atoms with Crippen molar-refractivity contribution in [1.29, 1.82) is 0 Å². The first-order chi connectivity index (χ1) is 13.1. The molecule has 0 spiro atoms. The number of amides is 1. The van der Waals surface area contributed by atoms with E-state index in [1.165, 1.54) is 0 Å². The first-order valence-electron chi connectivity index (χ1n) is 9.44. The summed E-state index contributed by atoms with van der Waals surface area (Å²) in [6, 6.07) is 5.62. The molecule has 0 bridgehead atoms. The zero-order valence-electron chi connectivity index (χ0n) is 16.5. The van der Waals surface area contributed by atoms with Crippen LogP contribution in [0.4, 0.5) is 0 Å². The molecule has 0 N–H and O–H groups in total. The van der Waals surface area contributed by atoms with Gasteiger partial charge in [-0.05, 0) is 43.5 Å². The molecule has 1 heterocycles. The summed E-state index contributed by atoms with van der Waals surface area (Å²) in [6.45, 7) is 5.32. The molecule has 1 saturated heterocycles. The Labute approximate surface area is 161 Å². The van der Waals surface area contributed by atoms with Crippen LogP contribution in [-0.2, 0) is 20.7 Å². The van der Waals surface area contributed by atoms with Gasteiger partial charge in [-0.1, -0.05) is 0 Å². The van der Waals surface area contributed by atoms with E-state index in [0.717, 1.165) is 30.0 Å². The first-order valence-corrected chi connectivity index (χ1v) is 9.44. The molecular weight excluding hydrogens is 348 g/mol. The smallest absolute Gasteiger partial charge is 0.320 e. The molecule has 27 heavy (non-hydrogen) atoms. The second-order valence-corrected chi connectivity index (χ2v) is 6.49. The maximum absolute atomic E-state index is 12.7. The summed E-state index contributed by atoms with van der Waals surface area (Å²) in [5, 5.41) is 0. The van der Waals surface area contributed by atoms with Crippen molar-refractivity contribution in [3.8, 4) is 11.5 Å². The summed E-state index contributed by atoms with van der Waals surface area (Å²) >= 11 is 0. The Morgan fingerprint density at radius 2 is 1.89 bits per heavy atom. The van der Waals surface area contributed by atoms with Crippen molar-refractivity contribution in [1.82, 2.24) is 9.80 Å². The van der Waals surface area contributed by atoms with Gasteiger partial charge in [-0.2, -0.15) is 0 Å². The number of hydrogen-bond donors (Lipinski definition) is 0. The van der Waals surface area contributed by atoms with E-state index >= 15 is 0 Å². The van der Waals surface area contributed by atoms with Gasteiger partial charge in [-0.15, -0.1) is 0 Å². The lowest BCUT2D eigenvalue weighted by atomic mass is 10.1. The molecule has 1 aromatic rings. The van der Waals surface area contributed by atoms with Crippen LogP contribution in [0, 0.1) is 0 Å². The highest BCUT2D eigenvalue weighted by atomic mass is 16.5. The lowest BCUT2D eigenvalue weighted by molar-refractivity contribution is -0.144. The van der Waals surface area contributed by atoms with Crippen molar-refractivity contribution in [3.63, 3.8) is 0 Å². The average molecular weight is 378 g/mol. The Bertz CT molecular complexity index is 635. The number of carbonyl (C=O) groups is 2. The third-order valence-electron chi connectivity index (χ3n) is 4.70. The number of methoxy groups -OCH3 is 2. The summed E-state index contributed by atoms with van der Waals surface area (Å²) in [4.78, 5) is 28.2. The Morgan fingerprint density at radius 3 is 2.59 bits per heavy atom. The van der Waals surface area contributed by atoms with Crippen molar-refractivity contribution in [2.75, 3.05) is 53.6 Å². The van der Waals surface area contributed by atoms with Crippen LogP contribution in [0.2, 0.25) is 0 Å². The standard InChI is InChI=1S/C20H30N2O5/c1-4-27-20(24)15-21-10-5-11-22(13-12-21)19(23)9-6-16-14-17(25-2)7-8-18(16)26-3/h7-8,14H,4-6,9-13,15H2,1-3H3. The van der Waals surface area contributed by atoms with E-state index in [1.54, 1.807) is 21.1 Å². The minimum Gasteiger partial charge on any atom is -0.497 e. The van der Waals surface area contributed by atoms with Crippen molar-refractivity contribution in [3.05, 3.63) is 23.8 Å². The van der Waals surface area contributed by atoms with E-state index < -0.39 is 0 Å². The van der Waals surface area contributed by atoms with Gasteiger partial charge in [-0.3, -0.25) is 14.5 Å². The maximum atomic E-state index is 12.7. The number of ether oxygens (including phenoxy) is 3. The molecule has 1 amide bonds. The highest BCUT2D eigenvalue weighted by Crippen LogP contribution is 2.25. The van der Waals surface area contributed by atoms with Gasteiger partial charge in [0.15, 0.2) is 0 Å². The average Bonchev–Trinajstić information content (AvgIpc) is 2.91. The number of esters is 1. The zero-order valence-corrected chi connectivity index (χ0v) is 16.5. The topological polar surface area (TPSA) is 68.3 Å². The van der Waals surface area contributed by atoms with Gasteiger partial charge in [0.25, 0.3) is 0 Å². The Morgan fingerprint density at radius 1 is 1.07 bits per heavy atom. The predicted molar refractivity (Wildman–Crippen MR) is 102 cm³/mol. The van der Waals surface area contributed by atoms with Crippen LogP contribution in [0.25, 0.3) is 0 Å². The van der Waals surface area contributed by atoms with Crippen molar-refractivity contribution < 1.29 is 23.8 Å². The van der Waals surface area contributed by atoms with Crippen molar-refractivity contribution in [2.45, 2.75) is 26.2 Å². The van der Waals surface area contributed by atoms with Crippen LogP contribution >= 0.6 is 0 Å². The lowest BCUT2D eigenvalue weighted by Gasteiger charge is -2.22. The number of aryl methyl sites for hydroxylation is 1. The normalized spacial score (nSPS) is 15.1. The van der Waals surface area contributed by atoms with Gasteiger partial charge >= 0.3 is 5.97 Å². The van der Waals surface area contributed by atoms with E-state index in [2.05, 4.69) is 4.90 Å². The minimum absolute atomic E-state index is 0.123. The molecule has 0 aliphatic carbocycles. The Kier molecular flexibility index (Phi) is 8.39. The van der Waals surface area contributed by atoms with Crippen LogP contribution in [-0.4, -0.2) is 75.2 Å². The van der Waals surface area contributed by atoms with Crippen molar-refractivity contribution in [2.24, 2.45) is 0 Å². The monoisotopic (exact) mass is 378 g/mol. The first kappa shape index (κ1) is 21.0. The van der Waals surface area contributed by atoms with Gasteiger partial charge in [0.2, 0.25) is 5.91 Å². The Hall–Kier alpha value is -2.28. The number of benzene rings is 1. The summed E-state index contributed by atoms with van der Waals surface area (Å²) in [5.74, 6) is 1.43. The molecule has 1 fully saturated rings. The Balaban J connectivity index is 1.87. The molecule has 0 unspecified atom stereocenters. The van der Waals surface area contributed by atoms with Crippen LogP contribution in [0.15, 0.2) is 18.2 Å². The summed E-state index contributed by atoms with van der Waals surface area (Å²) in [6.07, 6.45) is 1.87. The molecule has 1 aliphatic heterocycles.